The molecule has 9 heteroatoms. The Balaban J connectivity index is 0.000000195. The van der Waals surface area contributed by atoms with Crippen molar-refractivity contribution >= 4 is 35.5 Å². The molecule has 0 fully saturated rings. The molecule has 3 aromatic rings. The Labute approximate surface area is 153 Å². The van der Waals surface area contributed by atoms with Gasteiger partial charge in [-0.25, -0.2) is 0 Å². The van der Waals surface area contributed by atoms with Gasteiger partial charge < -0.3 is 0 Å². The van der Waals surface area contributed by atoms with Gasteiger partial charge in [-0.1, -0.05) is 6.07 Å². The average molecular weight is 419 g/mol. The fourth-order valence-electron chi connectivity index (χ4n) is 1.92. The minimum absolute atomic E-state index is 0.201. The van der Waals surface area contributed by atoms with Crippen LogP contribution < -0.4 is 9.83 Å². The Morgan fingerprint density at radius 1 is 1.08 bits per heavy atom. The first-order chi connectivity index (χ1) is 12.4. The van der Waals surface area contributed by atoms with E-state index in [1.807, 2.05) is 30.6 Å². The molecule has 8 nitrogen and oxygen atoms in total. The number of aryl methyl sites for hydroxylation is 1. The largest absolute Gasteiger partial charge is 0.253 e. The van der Waals surface area contributed by atoms with E-state index >= 15 is 0 Å². The molecule has 1 heterocycles. The fraction of sp³-hybridized carbons (Fsp3) is 0.118. The van der Waals surface area contributed by atoms with E-state index in [1.165, 1.54) is 24.6 Å². The molecule has 26 heavy (non-hydrogen) atoms. The smallest absolute Gasteiger partial charge is 0.0889 e. The molecule has 3 rings (SSSR count). The topological polar surface area (TPSA) is 111 Å². The molecular formula is C17H18AsN3O5. The average Bonchev–Trinajstić information content (AvgIpc) is 2.67. The summed E-state index contributed by atoms with van der Waals surface area (Å²) in [4.78, 5) is 18.9. The van der Waals surface area contributed by atoms with E-state index in [1.54, 1.807) is 30.6 Å². The maximum atomic E-state index is 11.8. The molecule has 0 aliphatic heterocycles. The summed E-state index contributed by atoms with van der Waals surface area (Å²) in [5.74, 6) is -0.537. The minimum atomic E-state index is -4.55. The Morgan fingerprint density at radius 2 is 1.73 bits per heavy atom. The number of rotatable bonds is 4. The van der Waals surface area contributed by atoms with Crippen molar-refractivity contribution in [3.05, 3.63) is 66.5 Å². The second kappa shape index (κ2) is 9.26. The number of nitrogens with one attached hydrogen (secondary N) is 1. The standard InChI is InChI=1S/C9H8N2.C8H10AsNO5/c1-7-2-3-8-9(6-7)11-5-4-10-8;1-7(11)10-14-9(12,15-13)8-5-3-2-4-6-8/h2-6H,1H3;2-6,13H,1H3,(H,10,11). The summed E-state index contributed by atoms with van der Waals surface area (Å²) in [6.07, 6.45) is 3.42. The summed E-state index contributed by atoms with van der Waals surface area (Å²) in [5, 5.41) is 8.54. The van der Waals surface area contributed by atoms with Gasteiger partial charge in [-0.05, 0) is 24.6 Å². The van der Waals surface area contributed by atoms with E-state index in [0.29, 0.717) is 0 Å². The number of aromatic nitrogens is 2. The van der Waals surface area contributed by atoms with Crippen LogP contribution in [0.2, 0.25) is 0 Å². The SMILES string of the molecule is CC(=O)NO[As](=O)(OO)c1ccccc1.Cc1ccc2nccnc2c1. The molecule has 1 unspecified atom stereocenters. The van der Waals surface area contributed by atoms with Crippen LogP contribution in [0.5, 0.6) is 0 Å². The van der Waals surface area contributed by atoms with E-state index in [-0.39, 0.29) is 4.35 Å². The summed E-state index contributed by atoms with van der Waals surface area (Å²) in [6, 6.07) is 13.9. The molecule has 1 amide bonds. The van der Waals surface area contributed by atoms with Crippen molar-refractivity contribution < 1.29 is 21.5 Å². The first-order valence-corrected chi connectivity index (χ1v) is 10.8. The third-order valence-corrected chi connectivity index (χ3v) is 6.21. The van der Waals surface area contributed by atoms with Crippen LogP contribution in [0.25, 0.3) is 11.0 Å². The van der Waals surface area contributed by atoms with Crippen LogP contribution in [0.1, 0.15) is 12.5 Å². The van der Waals surface area contributed by atoms with Crippen molar-refractivity contribution in [2.45, 2.75) is 13.8 Å². The first-order valence-electron chi connectivity index (χ1n) is 7.56. The van der Waals surface area contributed by atoms with Gasteiger partial charge >= 0.3 is 88.7 Å². The van der Waals surface area contributed by atoms with Gasteiger partial charge in [-0.3, -0.25) is 9.97 Å². The maximum Gasteiger partial charge on any atom is 0.0889 e. The predicted octanol–water partition coefficient (Wildman–Crippen LogP) is 1.76. The second-order valence-corrected chi connectivity index (χ2v) is 9.11. The number of carbonyl (C=O) groups is 1. The molecule has 1 aromatic heterocycles. The van der Waals surface area contributed by atoms with Crippen LogP contribution in [0, 0.1) is 6.92 Å². The molecule has 0 aliphatic carbocycles. The molecule has 0 saturated carbocycles. The van der Waals surface area contributed by atoms with Crippen LogP contribution in [0.4, 0.5) is 0 Å². The van der Waals surface area contributed by atoms with Crippen molar-refractivity contribution in [2.75, 3.05) is 0 Å². The molecule has 1 atom stereocenters. The number of hydroxylamine groups is 1. The Kier molecular flexibility index (Phi) is 7.05. The number of nitrogens with zero attached hydrogens (tertiary/aromatic N) is 2. The van der Waals surface area contributed by atoms with E-state index in [9.17, 15) is 8.53 Å². The first kappa shape index (κ1) is 19.8. The molecule has 0 spiro atoms. The third kappa shape index (κ3) is 5.50. The van der Waals surface area contributed by atoms with Gasteiger partial charge in [0, 0.05) is 12.4 Å². The number of fused-ring (bicyclic) bond motifs is 1. The maximum absolute atomic E-state index is 11.8. The zero-order valence-corrected chi connectivity index (χ0v) is 16.1. The third-order valence-electron chi connectivity index (χ3n) is 3.11. The van der Waals surface area contributed by atoms with Crippen LogP contribution >= 0.6 is 0 Å². The van der Waals surface area contributed by atoms with E-state index < -0.39 is 20.1 Å². The molecule has 136 valence electrons. The summed E-state index contributed by atoms with van der Waals surface area (Å²) in [7, 11) is 0. The number of hydrogen-bond donors (Lipinski definition) is 2. The van der Waals surface area contributed by atoms with E-state index in [2.05, 4.69) is 17.7 Å². The van der Waals surface area contributed by atoms with E-state index in [0.717, 1.165) is 11.0 Å². The van der Waals surface area contributed by atoms with Gasteiger partial charge in [0.15, 0.2) is 0 Å². The summed E-state index contributed by atoms with van der Waals surface area (Å²) in [6.45, 7) is 3.23. The number of carbonyl (C=O) groups excluding carboxylic acids is 1. The van der Waals surface area contributed by atoms with Crippen molar-refractivity contribution in [2.24, 2.45) is 0 Å². The molecule has 0 radical (unpaired) electrons. The Hall–Kier alpha value is -2.51. The number of hydrogen-bond acceptors (Lipinski definition) is 7. The summed E-state index contributed by atoms with van der Waals surface area (Å²) < 4.78 is 20.5. The fourth-order valence-corrected chi connectivity index (χ4v) is 4.06. The van der Waals surface area contributed by atoms with Crippen molar-refractivity contribution in [3.63, 3.8) is 0 Å². The minimum Gasteiger partial charge on any atom is -0.253 e. The predicted molar refractivity (Wildman–Crippen MR) is 95.4 cm³/mol. The zero-order chi connectivity index (χ0) is 19.0. The monoisotopic (exact) mass is 419 g/mol. The van der Waals surface area contributed by atoms with E-state index in [4.69, 9.17) is 5.26 Å². The van der Waals surface area contributed by atoms with Gasteiger partial charge in [0.05, 0.1) is 11.0 Å². The molecule has 2 aromatic carbocycles. The van der Waals surface area contributed by atoms with Crippen LogP contribution in [0.15, 0.2) is 60.9 Å². The molecule has 0 aliphatic rings. The Bertz CT molecular complexity index is 920. The Morgan fingerprint density at radius 3 is 2.35 bits per heavy atom. The van der Waals surface area contributed by atoms with Gasteiger partial charge in [0.25, 0.3) is 0 Å². The van der Waals surface area contributed by atoms with Gasteiger partial charge in [-0.15, -0.1) is 0 Å². The van der Waals surface area contributed by atoms with Crippen LogP contribution in [-0.2, 0) is 16.2 Å². The zero-order valence-electron chi connectivity index (χ0n) is 14.2. The van der Waals surface area contributed by atoms with Crippen molar-refractivity contribution in [1.82, 2.24) is 15.4 Å². The quantitative estimate of drug-likeness (QED) is 0.377. The molecule has 0 bridgehead atoms. The normalized spacial score (nSPS) is 12.6. The van der Waals surface area contributed by atoms with Crippen LogP contribution in [-0.4, -0.2) is 35.3 Å². The van der Waals surface area contributed by atoms with Crippen molar-refractivity contribution in [3.8, 4) is 0 Å². The summed E-state index contributed by atoms with van der Waals surface area (Å²) in [5.41, 5.74) is 5.02. The number of benzene rings is 2. The van der Waals surface area contributed by atoms with Crippen LogP contribution in [0.3, 0.4) is 0 Å². The second-order valence-electron chi connectivity index (χ2n) is 5.21. The van der Waals surface area contributed by atoms with Gasteiger partial charge in [-0.2, -0.15) is 0 Å². The van der Waals surface area contributed by atoms with Gasteiger partial charge in [0.2, 0.25) is 0 Å². The molecular weight excluding hydrogens is 401 g/mol. The summed E-state index contributed by atoms with van der Waals surface area (Å²) >= 11 is -4.55. The van der Waals surface area contributed by atoms with Gasteiger partial charge in [0.1, 0.15) is 0 Å². The molecule has 0 saturated heterocycles. The van der Waals surface area contributed by atoms with Crippen molar-refractivity contribution in [1.29, 1.82) is 0 Å². The molecule has 2 N–H and O–H groups in total. The number of amides is 1.